The molecule has 4 nitrogen and oxygen atoms in total. The maximum atomic E-state index is 13.6. The van der Waals surface area contributed by atoms with Crippen molar-refractivity contribution >= 4 is 27.3 Å². The average Bonchev–Trinajstić information content (AvgIpc) is 2.21. The molecule has 0 aromatic heterocycles. The van der Waals surface area contributed by atoms with Crippen LogP contribution in [0.2, 0.25) is 5.02 Å². The van der Waals surface area contributed by atoms with Crippen molar-refractivity contribution in [2.24, 2.45) is 0 Å². The van der Waals surface area contributed by atoms with Crippen molar-refractivity contribution in [3.63, 3.8) is 0 Å². The molecule has 2 N–H and O–H groups in total. The van der Waals surface area contributed by atoms with Gasteiger partial charge >= 0.3 is 0 Å². The third-order valence-corrected chi connectivity index (χ3v) is 4.36. The van der Waals surface area contributed by atoms with Crippen molar-refractivity contribution in [3.05, 3.63) is 23.0 Å². The minimum Gasteiger partial charge on any atom is -0.399 e. The first kappa shape index (κ1) is 13.2. The average molecular weight is 267 g/mol. The number of nitrogens with zero attached hydrogens (tertiary/aromatic N) is 1. The molecule has 0 fully saturated rings. The van der Waals surface area contributed by atoms with Crippen LogP contribution in [0.4, 0.5) is 10.1 Å². The van der Waals surface area contributed by atoms with Crippen LogP contribution < -0.4 is 5.73 Å². The van der Waals surface area contributed by atoms with E-state index in [1.54, 1.807) is 6.92 Å². The zero-order valence-corrected chi connectivity index (χ0v) is 10.4. The summed E-state index contributed by atoms with van der Waals surface area (Å²) in [5, 5.41) is -0.303. The lowest BCUT2D eigenvalue weighted by atomic mass is 10.3. The van der Waals surface area contributed by atoms with Gasteiger partial charge in [-0.15, -0.1) is 0 Å². The van der Waals surface area contributed by atoms with Crippen LogP contribution in [0.1, 0.15) is 6.92 Å². The van der Waals surface area contributed by atoms with Crippen LogP contribution in [0.5, 0.6) is 0 Å². The van der Waals surface area contributed by atoms with Crippen LogP contribution >= 0.6 is 11.6 Å². The predicted molar refractivity (Wildman–Crippen MR) is 61.3 cm³/mol. The van der Waals surface area contributed by atoms with E-state index in [0.29, 0.717) is 0 Å². The molecule has 16 heavy (non-hydrogen) atoms. The molecule has 1 aromatic carbocycles. The third-order valence-electron chi connectivity index (χ3n) is 2.15. The van der Waals surface area contributed by atoms with E-state index in [0.717, 1.165) is 10.4 Å². The Bertz CT molecular complexity index is 504. The molecule has 0 amide bonds. The molecular formula is C9H12ClFN2O2S. The normalized spacial score (nSPS) is 12.1. The Morgan fingerprint density at radius 3 is 2.56 bits per heavy atom. The second-order valence-electron chi connectivity index (χ2n) is 3.23. The highest BCUT2D eigenvalue weighted by Gasteiger charge is 2.25. The fourth-order valence-electron chi connectivity index (χ4n) is 1.11. The molecule has 0 saturated heterocycles. The Kier molecular flexibility index (Phi) is 3.77. The van der Waals surface area contributed by atoms with E-state index in [-0.39, 0.29) is 17.3 Å². The van der Waals surface area contributed by atoms with Crippen LogP contribution in [-0.2, 0) is 10.0 Å². The molecule has 0 saturated carbocycles. The molecular weight excluding hydrogens is 255 g/mol. The summed E-state index contributed by atoms with van der Waals surface area (Å²) in [6.45, 7) is 1.87. The van der Waals surface area contributed by atoms with Crippen LogP contribution in [0, 0.1) is 5.82 Å². The van der Waals surface area contributed by atoms with Gasteiger partial charge in [0.25, 0.3) is 0 Å². The van der Waals surface area contributed by atoms with Crippen LogP contribution in [0.15, 0.2) is 17.0 Å². The summed E-state index contributed by atoms with van der Waals surface area (Å²) < 4.78 is 38.3. The second-order valence-corrected chi connectivity index (χ2v) is 5.65. The molecule has 0 aliphatic rings. The Labute approximate surface area is 98.9 Å². The number of hydrogen-bond acceptors (Lipinski definition) is 3. The minimum absolute atomic E-state index is 0.106. The Balaban J connectivity index is 3.45. The number of sulfonamides is 1. The summed E-state index contributed by atoms with van der Waals surface area (Å²) >= 11 is 5.54. The lowest BCUT2D eigenvalue weighted by molar-refractivity contribution is 0.478. The van der Waals surface area contributed by atoms with E-state index >= 15 is 0 Å². The summed E-state index contributed by atoms with van der Waals surface area (Å²) in [6, 6.07) is 2.23. The molecule has 0 spiro atoms. The highest BCUT2D eigenvalue weighted by atomic mass is 35.5. The topological polar surface area (TPSA) is 63.4 Å². The zero-order valence-electron chi connectivity index (χ0n) is 8.87. The summed E-state index contributed by atoms with van der Waals surface area (Å²) in [5.74, 6) is -0.976. The monoisotopic (exact) mass is 266 g/mol. The zero-order chi connectivity index (χ0) is 12.5. The summed E-state index contributed by atoms with van der Waals surface area (Å²) in [7, 11) is -2.52. The molecule has 0 unspecified atom stereocenters. The van der Waals surface area contributed by atoms with Crippen molar-refractivity contribution < 1.29 is 12.8 Å². The van der Waals surface area contributed by atoms with Gasteiger partial charge in [0.15, 0.2) is 5.82 Å². The molecule has 0 bridgehead atoms. The van der Waals surface area contributed by atoms with E-state index in [2.05, 4.69) is 0 Å². The van der Waals surface area contributed by atoms with E-state index in [1.807, 2.05) is 0 Å². The molecule has 1 rings (SSSR count). The number of halogens is 2. The quantitative estimate of drug-likeness (QED) is 0.847. The Hall–Kier alpha value is -0.850. The standard InChI is InChI=1S/C9H12ClFN2O2S/c1-3-13(2)16(14,15)8-5-6(12)4-7(10)9(8)11/h4-5H,3,12H2,1-2H3. The highest BCUT2D eigenvalue weighted by molar-refractivity contribution is 7.89. The highest BCUT2D eigenvalue weighted by Crippen LogP contribution is 2.27. The van der Waals surface area contributed by atoms with Crippen molar-refractivity contribution in [3.8, 4) is 0 Å². The lowest BCUT2D eigenvalue weighted by Gasteiger charge is -2.16. The van der Waals surface area contributed by atoms with Crippen LogP contribution in [-0.4, -0.2) is 26.3 Å². The van der Waals surface area contributed by atoms with E-state index < -0.39 is 20.7 Å². The SMILES string of the molecule is CCN(C)S(=O)(=O)c1cc(N)cc(Cl)c1F. The van der Waals surface area contributed by atoms with Crippen molar-refractivity contribution in [2.75, 3.05) is 19.3 Å². The Morgan fingerprint density at radius 1 is 1.50 bits per heavy atom. The first-order valence-corrected chi connectivity index (χ1v) is 6.33. The van der Waals surface area contributed by atoms with Crippen molar-refractivity contribution in [2.45, 2.75) is 11.8 Å². The largest absolute Gasteiger partial charge is 0.399 e. The van der Waals surface area contributed by atoms with Crippen LogP contribution in [0.3, 0.4) is 0 Å². The molecule has 0 aliphatic carbocycles. The van der Waals surface area contributed by atoms with E-state index in [4.69, 9.17) is 17.3 Å². The number of anilines is 1. The van der Waals surface area contributed by atoms with Gasteiger partial charge in [-0.1, -0.05) is 18.5 Å². The smallest absolute Gasteiger partial charge is 0.245 e. The fraction of sp³-hybridized carbons (Fsp3) is 0.333. The van der Waals surface area contributed by atoms with Crippen LogP contribution in [0.25, 0.3) is 0 Å². The van der Waals surface area contributed by atoms with Gasteiger partial charge in [0.05, 0.1) is 5.02 Å². The van der Waals surface area contributed by atoms with Crippen molar-refractivity contribution in [1.29, 1.82) is 0 Å². The first-order valence-electron chi connectivity index (χ1n) is 4.51. The number of rotatable bonds is 3. The second kappa shape index (κ2) is 4.57. The molecule has 0 radical (unpaired) electrons. The maximum Gasteiger partial charge on any atom is 0.245 e. The molecule has 0 aliphatic heterocycles. The number of benzene rings is 1. The fourth-order valence-corrected chi connectivity index (χ4v) is 2.69. The van der Waals surface area contributed by atoms with Gasteiger partial charge in [0.1, 0.15) is 4.90 Å². The number of hydrogen-bond donors (Lipinski definition) is 1. The summed E-state index contributed by atoms with van der Waals surface area (Å²) in [6.07, 6.45) is 0. The molecule has 0 heterocycles. The predicted octanol–water partition coefficient (Wildman–Crippen LogP) is 1.70. The molecule has 0 atom stereocenters. The van der Waals surface area contributed by atoms with Gasteiger partial charge in [0.2, 0.25) is 10.0 Å². The van der Waals surface area contributed by atoms with Gasteiger partial charge in [0, 0.05) is 19.3 Å². The lowest BCUT2D eigenvalue weighted by Crippen LogP contribution is -2.27. The van der Waals surface area contributed by atoms with Gasteiger partial charge in [-0.2, -0.15) is 0 Å². The number of nitrogen functional groups attached to an aromatic ring is 1. The first-order chi connectivity index (χ1) is 7.30. The Morgan fingerprint density at radius 2 is 2.06 bits per heavy atom. The molecule has 7 heteroatoms. The summed E-state index contributed by atoms with van der Waals surface area (Å²) in [4.78, 5) is -0.498. The molecule has 1 aromatic rings. The van der Waals surface area contributed by atoms with Gasteiger partial charge in [-0.3, -0.25) is 0 Å². The van der Waals surface area contributed by atoms with Gasteiger partial charge in [-0.05, 0) is 12.1 Å². The molecule has 90 valence electrons. The number of nitrogens with two attached hydrogens (primary N) is 1. The van der Waals surface area contributed by atoms with E-state index in [1.165, 1.54) is 13.1 Å². The van der Waals surface area contributed by atoms with Gasteiger partial charge < -0.3 is 5.73 Å². The maximum absolute atomic E-state index is 13.6. The minimum atomic E-state index is -3.87. The summed E-state index contributed by atoms with van der Waals surface area (Å²) in [5.41, 5.74) is 5.54. The van der Waals surface area contributed by atoms with Crippen molar-refractivity contribution in [1.82, 2.24) is 4.31 Å². The van der Waals surface area contributed by atoms with Gasteiger partial charge in [-0.25, -0.2) is 17.1 Å². The third kappa shape index (κ3) is 2.28. The van der Waals surface area contributed by atoms with E-state index in [9.17, 15) is 12.8 Å².